The van der Waals surface area contributed by atoms with Crippen LogP contribution in [0.3, 0.4) is 0 Å². The first-order valence-corrected chi connectivity index (χ1v) is 7.08. The number of fused-ring (bicyclic) bond motifs is 1. The lowest BCUT2D eigenvalue weighted by Crippen LogP contribution is -2.48. The number of ether oxygens (including phenoxy) is 2. The maximum absolute atomic E-state index is 5.95. The molecule has 3 atom stereocenters. The van der Waals surface area contributed by atoms with Crippen molar-refractivity contribution in [1.82, 2.24) is 10.3 Å². The van der Waals surface area contributed by atoms with Gasteiger partial charge in [0.15, 0.2) is 0 Å². The summed E-state index contributed by atoms with van der Waals surface area (Å²) in [7, 11) is 0. The third-order valence-electron chi connectivity index (χ3n) is 3.46. The number of rotatable bonds is 3. The summed E-state index contributed by atoms with van der Waals surface area (Å²) in [4.78, 5) is 4.41. The van der Waals surface area contributed by atoms with Gasteiger partial charge in [0.05, 0.1) is 36.1 Å². The van der Waals surface area contributed by atoms with Gasteiger partial charge in [-0.3, -0.25) is 0 Å². The maximum atomic E-state index is 5.95. The van der Waals surface area contributed by atoms with Crippen molar-refractivity contribution in [2.24, 2.45) is 0 Å². The molecule has 0 amide bonds. The zero-order valence-corrected chi connectivity index (χ0v) is 10.8. The topological polar surface area (TPSA) is 43.4 Å². The van der Waals surface area contributed by atoms with E-state index in [2.05, 4.69) is 15.7 Å². The van der Waals surface area contributed by atoms with E-state index in [-0.39, 0.29) is 12.2 Å². The summed E-state index contributed by atoms with van der Waals surface area (Å²) in [5.41, 5.74) is 1.04. The van der Waals surface area contributed by atoms with Gasteiger partial charge in [-0.05, 0) is 19.8 Å². The fourth-order valence-corrected chi connectivity index (χ4v) is 3.25. The molecule has 0 radical (unpaired) electrons. The predicted molar refractivity (Wildman–Crippen MR) is 66.2 cm³/mol. The standard InChI is InChI=1S/C12H18N2O2S/c1-8-14-9(7-17-8)6-16-11-3-2-10-12(11)15-5-4-13-10/h7,10-13H,2-6H2,1H3/t10-,11+,12+/m0/s1. The first-order chi connectivity index (χ1) is 8.33. The van der Waals surface area contributed by atoms with E-state index < -0.39 is 0 Å². The summed E-state index contributed by atoms with van der Waals surface area (Å²) in [5.74, 6) is 0. The summed E-state index contributed by atoms with van der Waals surface area (Å²) >= 11 is 1.67. The zero-order valence-electron chi connectivity index (χ0n) is 10.0. The molecule has 1 aromatic rings. The van der Waals surface area contributed by atoms with Gasteiger partial charge in [0, 0.05) is 18.0 Å². The Morgan fingerprint density at radius 3 is 3.35 bits per heavy atom. The second-order valence-electron chi connectivity index (χ2n) is 4.68. The molecular formula is C12H18N2O2S. The quantitative estimate of drug-likeness (QED) is 0.887. The SMILES string of the molecule is Cc1nc(CO[C@@H]2CC[C@@H]3NCCO[C@H]32)cs1. The number of morpholine rings is 1. The van der Waals surface area contributed by atoms with Crippen LogP contribution in [0.2, 0.25) is 0 Å². The van der Waals surface area contributed by atoms with E-state index in [1.807, 2.05) is 6.92 Å². The summed E-state index contributed by atoms with van der Waals surface area (Å²) in [6.45, 7) is 4.41. The van der Waals surface area contributed by atoms with Crippen LogP contribution < -0.4 is 5.32 Å². The molecule has 1 aliphatic heterocycles. The van der Waals surface area contributed by atoms with Crippen molar-refractivity contribution in [3.05, 3.63) is 16.1 Å². The molecule has 1 N–H and O–H groups in total. The van der Waals surface area contributed by atoms with Gasteiger partial charge in [0.25, 0.3) is 0 Å². The molecule has 0 spiro atoms. The number of aryl methyl sites for hydroxylation is 1. The van der Waals surface area contributed by atoms with E-state index in [1.54, 1.807) is 11.3 Å². The summed E-state index contributed by atoms with van der Waals surface area (Å²) < 4.78 is 11.8. The van der Waals surface area contributed by atoms with Crippen LogP contribution in [0, 0.1) is 6.92 Å². The summed E-state index contributed by atoms with van der Waals surface area (Å²) in [6.07, 6.45) is 2.72. The van der Waals surface area contributed by atoms with E-state index in [9.17, 15) is 0 Å². The highest BCUT2D eigenvalue weighted by molar-refractivity contribution is 7.09. The van der Waals surface area contributed by atoms with E-state index in [4.69, 9.17) is 9.47 Å². The van der Waals surface area contributed by atoms with E-state index in [0.29, 0.717) is 12.6 Å². The van der Waals surface area contributed by atoms with Crippen LogP contribution in [0.25, 0.3) is 0 Å². The molecule has 4 nitrogen and oxygen atoms in total. The molecule has 5 heteroatoms. The number of aromatic nitrogens is 1. The number of thiazole rings is 1. The lowest BCUT2D eigenvalue weighted by Gasteiger charge is -2.30. The van der Waals surface area contributed by atoms with Crippen LogP contribution in [0.1, 0.15) is 23.5 Å². The summed E-state index contributed by atoms with van der Waals surface area (Å²) in [6, 6.07) is 0.492. The molecular weight excluding hydrogens is 236 g/mol. The van der Waals surface area contributed by atoms with Crippen molar-refractivity contribution in [2.75, 3.05) is 13.2 Å². The van der Waals surface area contributed by atoms with Crippen LogP contribution in [0.5, 0.6) is 0 Å². The second kappa shape index (κ2) is 5.02. The minimum atomic E-state index is 0.231. The first-order valence-electron chi connectivity index (χ1n) is 6.20. The van der Waals surface area contributed by atoms with Gasteiger partial charge in [0.1, 0.15) is 0 Å². The fraction of sp³-hybridized carbons (Fsp3) is 0.750. The van der Waals surface area contributed by atoms with Gasteiger partial charge < -0.3 is 14.8 Å². The molecule has 2 aliphatic rings. The average Bonchev–Trinajstić information content (AvgIpc) is 2.93. The molecule has 1 saturated heterocycles. The molecule has 94 valence electrons. The lowest BCUT2D eigenvalue weighted by molar-refractivity contribution is -0.0840. The van der Waals surface area contributed by atoms with Crippen molar-refractivity contribution in [3.63, 3.8) is 0 Å². The first kappa shape index (κ1) is 11.6. The molecule has 2 heterocycles. The normalized spacial score (nSPS) is 32.6. The van der Waals surface area contributed by atoms with E-state index in [0.717, 1.165) is 36.7 Å². The van der Waals surface area contributed by atoms with Gasteiger partial charge in [-0.1, -0.05) is 0 Å². The molecule has 0 aromatic carbocycles. The number of nitrogens with one attached hydrogen (secondary N) is 1. The Balaban J connectivity index is 1.55. The predicted octanol–water partition coefficient (Wildman–Crippen LogP) is 1.49. The van der Waals surface area contributed by atoms with Crippen LogP contribution in [-0.2, 0) is 16.1 Å². The third-order valence-corrected chi connectivity index (χ3v) is 4.28. The monoisotopic (exact) mass is 254 g/mol. The van der Waals surface area contributed by atoms with Crippen molar-refractivity contribution >= 4 is 11.3 Å². The van der Waals surface area contributed by atoms with Gasteiger partial charge in [-0.2, -0.15) is 0 Å². The maximum Gasteiger partial charge on any atom is 0.0989 e. The van der Waals surface area contributed by atoms with Gasteiger partial charge in [-0.25, -0.2) is 4.98 Å². The lowest BCUT2D eigenvalue weighted by atomic mass is 10.2. The van der Waals surface area contributed by atoms with Crippen LogP contribution >= 0.6 is 11.3 Å². The molecule has 1 aromatic heterocycles. The number of hydrogen-bond donors (Lipinski definition) is 1. The fourth-order valence-electron chi connectivity index (χ4n) is 2.66. The summed E-state index contributed by atoms with van der Waals surface area (Å²) in [5, 5.41) is 6.67. The van der Waals surface area contributed by atoms with Gasteiger partial charge in [0.2, 0.25) is 0 Å². The van der Waals surface area contributed by atoms with Gasteiger partial charge in [-0.15, -0.1) is 11.3 Å². The van der Waals surface area contributed by atoms with Crippen LogP contribution in [0.15, 0.2) is 5.38 Å². The molecule has 1 aliphatic carbocycles. The highest BCUT2D eigenvalue weighted by atomic mass is 32.1. The van der Waals surface area contributed by atoms with Crippen molar-refractivity contribution in [3.8, 4) is 0 Å². The Labute approximate surface area is 105 Å². The highest BCUT2D eigenvalue weighted by Gasteiger charge is 2.39. The molecule has 3 rings (SSSR count). The van der Waals surface area contributed by atoms with E-state index in [1.165, 1.54) is 0 Å². The van der Waals surface area contributed by atoms with Gasteiger partial charge >= 0.3 is 0 Å². The van der Waals surface area contributed by atoms with E-state index >= 15 is 0 Å². The molecule has 0 bridgehead atoms. The minimum absolute atomic E-state index is 0.231. The number of hydrogen-bond acceptors (Lipinski definition) is 5. The smallest absolute Gasteiger partial charge is 0.0989 e. The van der Waals surface area contributed by atoms with Crippen molar-refractivity contribution in [1.29, 1.82) is 0 Å². The number of nitrogens with zero attached hydrogens (tertiary/aromatic N) is 1. The largest absolute Gasteiger partial charge is 0.373 e. The van der Waals surface area contributed by atoms with Crippen LogP contribution in [-0.4, -0.2) is 36.4 Å². The third kappa shape index (κ3) is 2.52. The Morgan fingerprint density at radius 2 is 2.53 bits per heavy atom. The molecule has 1 saturated carbocycles. The van der Waals surface area contributed by atoms with Crippen molar-refractivity contribution < 1.29 is 9.47 Å². The molecule has 2 fully saturated rings. The Hall–Kier alpha value is -0.490. The zero-order chi connectivity index (χ0) is 11.7. The highest BCUT2D eigenvalue weighted by Crippen LogP contribution is 2.28. The average molecular weight is 254 g/mol. The molecule has 17 heavy (non-hydrogen) atoms. The Morgan fingerprint density at radius 1 is 1.59 bits per heavy atom. The molecule has 0 unspecified atom stereocenters. The van der Waals surface area contributed by atoms with Crippen LogP contribution in [0.4, 0.5) is 0 Å². The van der Waals surface area contributed by atoms with Crippen molar-refractivity contribution in [2.45, 2.75) is 44.6 Å². The minimum Gasteiger partial charge on any atom is -0.373 e. The Bertz CT molecular complexity index is 382. The second-order valence-corrected chi connectivity index (χ2v) is 5.74. The Kier molecular flexibility index (Phi) is 3.42.